The summed E-state index contributed by atoms with van der Waals surface area (Å²) < 4.78 is 6.05. The molecule has 3 aromatic rings. The number of aryl methyl sites for hydroxylation is 1. The molecular weight excluding hydrogens is 542 g/mol. The number of rotatable bonds is 11. The molecule has 9 nitrogen and oxygen atoms in total. The maximum atomic E-state index is 13.0. The van der Waals surface area contributed by atoms with Gasteiger partial charge in [0.2, 0.25) is 5.91 Å². The lowest BCUT2D eigenvalue weighted by atomic mass is 10.1. The Morgan fingerprint density at radius 2 is 1.49 bits per heavy atom. The highest BCUT2D eigenvalue weighted by atomic mass is 16.5. The van der Waals surface area contributed by atoms with Crippen LogP contribution in [-0.4, -0.2) is 42.0 Å². The Morgan fingerprint density at radius 1 is 0.837 bits per heavy atom. The van der Waals surface area contributed by atoms with E-state index in [1.54, 1.807) is 47.5 Å². The van der Waals surface area contributed by atoms with Crippen molar-refractivity contribution in [2.75, 3.05) is 28.7 Å². The van der Waals surface area contributed by atoms with E-state index in [1.807, 2.05) is 52.0 Å². The summed E-state index contributed by atoms with van der Waals surface area (Å²) in [6.07, 6.45) is 5.50. The molecule has 0 saturated carbocycles. The van der Waals surface area contributed by atoms with Gasteiger partial charge in [-0.05, 0) is 105 Å². The maximum absolute atomic E-state index is 13.0. The van der Waals surface area contributed by atoms with Gasteiger partial charge in [0.25, 0.3) is 5.91 Å². The Morgan fingerprint density at radius 3 is 2.09 bits per heavy atom. The van der Waals surface area contributed by atoms with Gasteiger partial charge < -0.3 is 20.7 Å². The summed E-state index contributed by atoms with van der Waals surface area (Å²) in [7, 11) is 0. The summed E-state index contributed by atoms with van der Waals surface area (Å²) in [4.78, 5) is 37.9. The van der Waals surface area contributed by atoms with Crippen molar-refractivity contribution in [3.63, 3.8) is 0 Å². The van der Waals surface area contributed by atoms with Crippen molar-refractivity contribution in [3.05, 3.63) is 77.9 Å². The molecule has 1 fully saturated rings. The lowest BCUT2D eigenvalue weighted by Gasteiger charge is -2.37. The number of amides is 4. The molecule has 4 rings (SSSR count). The van der Waals surface area contributed by atoms with Crippen molar-refractivity contribution >= 4 is 34.9 Å². The number of benzene rings is 3. The molecule has 1 heterocycles. The molecule has 1 aliphatic heterocycles. The molecule has 1 aliphatic rings. The second-order valence-corrected chi connectivity index (χ2v) is 10.8. The van der Waals surface area contributed by atoms with Crippen molar-refractivity contribution in [2.24, 2.45) is 0 Å². The van der Waals surface area contributed by atoms with Gasteiger partial charge in [-0.2, -0.15) is 0 Å². The Balaban J connectivity index is 1.35. The molecule has 0 aliphatic carbocycles. The summed E-state index contributed by atoms with van der Waals surface area (Å²) in [5, 5.41) is 12.6. The fourth-order valence-corrected chi connectivity index (χ4v) is 5.07. The van der Waals surface area contributed by atoms with E-state index in [0.29, 0.717) is 34.9 Å². The zero-order chi connectivity index (χ0) is 30.8. The van der Waals surface area contributed by atoms with Gasteiger partial charge >= 0.3 is 6.03 Å². The number of nitrogens with zero attached hydrogens (tertiary/aromatic N) is 2. The summed E-state index contributed by atoms with van der Waals surface area (Å²) in [6, 6.07) is 19.7. The lowest BCUT2D eigenvalue weighted by Crippen LogP contribution is -2.49. The van der Waals surface area contributed by atoms with E-state index >= 15 is 0 Å². The van der Waals surface area contributed by atoms with Gasteiger partial charge in [-0.25, -0.2) is 14.8 Å². The number of piperidine rings is 1. The normalized spacial score (nSPS) is 13.3. The highest BCUT2D eigenvalue weighted by Gasteiger charge is 2.24. The summed E-state index contributed by atoms with van der Waals surface area (Å²) in [6.45, 7) is 9.58. The minimum atomic E-state index is -0.234. The lowest BCUT2D eigenvalue weighted by molar-refractivity contribution is -0.121. The van der Waals surface area contributed by atoms with Crippen LogP contribution in [0.3, 0.4) is 0 Å². The number of ether oxygens (including phenoxy) is 1. The third-order valence-electron chi connectivity index (χ3n) is 7.62. The Hall–Kier alpha value is -4.37. The van der Waals surface area contributed by atoms with Crippen LogP contribution in [0.5, 0.6) is 11.5 Å². The number of anilines is 3. The molecule has 0 radical (unpaired) electrons. The van der Waals surface area contributed by atoms with Crippen molar-refractivity contribution in [1.82, 2.24) is 10.3 Å². The second-order valence-electron chi connectivity index (χ2n) is 10.8. The largest absolute Gasteiger partial charge is 0.457 e. The molecule has 9 heteroatoms. The van der Waals surface area contributed by atoms with E-state index in [1.165, 1.54) is 6.42 Å². The van der Waals surface area contributed by atoms with Gasteiger partial charge in [-0.1, -0.05) is 27.2 Å². The average molecular weight is 586 g/mol. The molecule has 0 unspecified atom stereocenters. The smallest absolute Gasteiger partial charge is 0.319 e. The van der Waals surface area contributed by atoms with E-state index in [-0.39, 0.29) is 23.9 Å². The van der Waals surface area contributed by atoms with Crippen molar-refractivity contribution < 1.29 is 19.1 Å². The first-order chi connectivity index (χ1) is 20.8. The molecule has 3 aromatic carbocycles. The quantitative estimate of drug-likeness (QED) is 0.216. The van der Waals surface area contributed by atoms with Crippen LogP contribution < -0.4 is 25.7 Å². The maximum Gasteiger partial charge on any atom is 0.319 e. The van der Waals surface area contributed by atoms with Crippen LogP contribution in [0.4, 0.5) is 21.9 Å². The number of hydrogen-bond acceptors (Lipinski definition) is 5. The molecule has 228 valence electrons. The number of carbonyl (C=O) groups excluding carboxylic acids is 3. The first-order valence-electron chi connectivity index (χ1n) is 15.3. The number of carbonyl (C=O) groups is 3. The monoisotopic (exact) mass is 585 g/mol. The second kappa shape index (κ2) is 15.2. The SMILES string of the molecule is CCC(=O)N(c1ccc(C(=O)Nc2ccc(Oc3ccc(NC(=O)NC(CC)CC)cc3)c(C)c2)cc1)N1CCCCC1. The van der Waals surface area contributed by atoms with Crippen LogP contribution >= 0.6 is 0 Å². The van der Waals surface area contributed by atoms with Crippen LogP contribution in [0.15, 0.2) is 66.7 Å². The molecular formula is C34H43N5O4. The van der Waals surface area contributed by atoms with Crippen LogP contribution in [0.25, 0.3) is 0 Å². The third-order valence-corrected chi connectivity index (χ3v) is 7.62. The molecule has 0 bridgehead atoms. The number of urea groups is 1. The average Bonchev–Trinajstić information content (AvgIpc) is 3.03. The molecule has 1 saturated heterocycles. The van der Waals surface area contributed by atoms with Gasteiger partial charge in [-0.3, -0.25) is 9.59 Å². The fourth-order valence-electron chi connectivity index (χ4n) is 5.07. The zero-order valence-corrected chi connectivity index (χ0v) is 25.6. The molecule has 4 amide bonds. The minimum Gasteiger partial charge on any atom is -0.457 e. The standard InChI is InChI=1S/C34H43N5O4/c1-5-26(6-2)36-34(42)37-27-13-18-30(19-14-27)43-31-20-15-28(23-24(31)4)35-33(41)25-11-16-29(17-12-25)39(32(40)7-3)38-21-9-8-10-22-38/h11-20,23,26H,5-10,21-22H2,1-4H3,(H,35,41)(H2,36,37,42). The summed E-state index contributed by atoms with van der Waals surface area (Å²) in [5.74, 6) is 1.10. The highest BCUT2D eigenvalue weighted by molar-refractivity contribution is 6.04. The van der Waals surface area contributed by atoms with Crippen molar-refractivity contribution in [3.8, 4) is 11.5 Å². The summed E-state index contributed by atoms with van der Waals surface area (Å²) >= 11 is 0. The number of hydrazine groups is 1. The topological polar surface area (TPSA) is 103 Å². The fraction of sp³-hybridized carbons (Fsp3) is 0.382. The van der Waals surface area contributed by atoms with Gasteiger partial charge in [0.05, 0.1) is 5.69 Å². The molecule has 43 heavy (non-hydrogen) atoms. The van der Waals surface area contributed by atoms with E-state index in [0.717, 1.165) is 50.0 Å². The molecule has 0 aromatic heterocycles. The predicted molar refractivity (Wildman–Crippen MR) is 172 cm³/mol. The first-order valence-corrected chi connectivity index (χ1v) is 15.3. The van der Waals surface area contributed by atoms with Crippen LogP contribution in [0.2, 0.25) is 0 Å². The molecule has 0 atom stereocenters. The van der Waals surface area contributed by atoms with Gasteiger partial charge in [0.15, 0.2) is 0 Å². The third kappa shape index (κ3) is 8.58. The molecule has 3 N–H and O–H groups in total. The Labute approximate surface area is 254 Å². The Kier molecular flexibility index (Phi) is 11.2. The van der Waals surface area contributed by atoms with Crippen molar-refractivity contribution in [1.29, 1.82) is 0 Å². The van der Waals surface area contributed by atoms with Crippen LogP contribution in [-0.2, 0) is 4.79 Å². The highest BCUT2D eigenvalue weighted by Crippen LogP contribution is 2.29. The van der Waals surface area contributed by atoms with Gasteiger partial charge in [-0.15, -0.1) is 0 Å². The summed E-state index contributed by atoms with van der Waals surface area (Å²) in [5.41, 5.74) is 3.46. The zero-order valence-electron chi connectivity index (χ0n) is 25.6. The van der Waals surface area contributed by atoms with E-state index < -0.39 is 0 Å². The minimum absolute atomic E-state index is 0.0457. The first kappa shape index (κ1) is 31.6. The van der Waals surface area contributed by atoms with Crippen LogP contribution in [0.1, 0.15) is 75.2 Å². The number of nitrogens with one attached hydrogen (secondary N) is 3. The van der Waals surface area contributed by atoms with Crippen molar-refractivity contribution in [2.45, 2.75) is 72.3 Å². The van der Waals surface area contributed by atoms with E-state index in [4.69, 9.17) is 4.74 Å². The van der Waals surface area contributed by atoms with E-state index in [9.17, 15) is 14.4 Å². The molecule has 0 spiro atoms. The van der Waals surface area contributed by atoms with Crippen LogP contribution in [0, 0.1) is 6.92 Å². The Bertz CT molecular complexity index is 1380. The predicted octanol–water partition coefficient (Wildman–Crippen LogP) is 7.49. The van der Waals surface area contributed by atoms with Gasteiger partial charge in [0.1, 0.15) is 11.5 Å². The van der Waals surface area contributed by atoms with E-state index in [2.05, 4.69) is 21.0 Å². The van der Waals surface area contributed by atoms with Gasteiger partial charge in [0, 0.05) is 42.5 Å². The number of hydrogen-bond donors (Lipinski definition) is 3.